The van der Waals surface area contributed by atoms with Crippen LogP contribution in [0.25, 0.3) is 0 Å². The molecule has 1 aliphatic carbocycles. The van der Waals surface area contributed by atoms with E-state index in [0.717, 1.165) is 11.6 Å². The van der Waals surface area contributed by atoms with Crippen LogP contribution in [-0.2, 0) is 0 Å². The standard InChI is InChI=1S/C12H16Cl2N2/c1-7(8-3-2-4-8)16-12-6-10(14)9(13)5-11(12)15/h5-8,16H,2-4,15H2,1H3. The maximum atomic E-state index is 5.97. The fourth-order valence-electron chi connectivity index (χ4n) is 1.99. The first-order valence-corrected chi connectivity index (χ1v) is 6.34. The van der Waals surface area contributed by atoms with Gasteiger partial charge in [0.25, 0.3) is 0 Å². The molecule has 2 rings (SSSR count). The molecular formula is C12H16Cl2N2. The van der Waals surface area contributed by atoms with Crippen LogP contribution in [0.1, 0.15) is 26.2 Å². The highest BCUT2D eigenvalue weighted by molar-refractivity contribution is 6.42. The fourth-order valence-corrected chi connectivity index (χ4v) is 2.33. The molecule has 0 saturated heterocycles. The van der Waals surface area contributed by atoms with Crippen molar-refractivity contribution in [1.29, 1.82) is 0 Å². The van der Waals surface area contributed by atoms with Crippen molar-refractivity contribution in [3.63, 3.8) is 0 Å². The summed E-state index contributed by atoms with van der Waals surface area (Å²) in [6.45, 7) is 2.19. The Morgan fingerprint density at radius 2 is 1.94 bits per heavy atom. The van der Waals surface area contributed by atoms with E-state index in [1.54, 1.807) is 12.1 Å². The van der Waals surface area contributed by atoms with Gasteiger partial charge in [0.1, 0.15) is 0 Å². The summed E-state index contributed by atoms with van der Waals surface area (Å²) in [6.07, 6.45) is 3.94. The molecule has 1 atom stereocenters. The Bertz CT molecular complexity index is 389. The van der Waals surface area contributed by atoms with Gasteiger partial charge in [0.15, 0.2) is 0 Å². The van der Waals surface area contributed by atoms with Gasteiger partial charge in [0.05, 0.1) is 21.4 Å². The summed E-state index contributed by atoms with van der Waals surface area (Å²) in [4.78, 5) is 0. The van der Waals surface area contributed by atoms with Crippen molar-refractivity contribution in [3.05, 3.63) is 22.2 Å². The first-order chi connectivity index (χ1) is 7.58. The van der Waals surface area contributed by atoms with Crippen molar-refractivity contribution in [2.75, 3.05) is 11.1 Å². The second-order valence-corrected chi connectivity index (χ2v) is 5.29. The number of anilines is 2. The summed E-state index contributed by atoms with van der Waals surface area (Å²) < 4.78 is 0. The van der Waals surface area contributed by atoms with Gasteiger partial charge in [0, 0.05) is 6.04 Å². The van der Waals surface area contributed by atoms with Gasteiger partial charge in [-0.2, -0.15) is 0 Å². The van der Waals surface area contributed by atoms with Gasteiger partial charge in [-0.15, -0.1) is 0 Å². The van der Waals surface area contributed by atoms with Gasteiger partial charge in [-0.3, -0.25) is 0 Å². The van der Waals surface area contributed by atoms with Crippen molar-refractivity contribution in [2.24, 2.45) is 5.92 Å². The molecule has 2 nitrogen and oxygen atoms in total. The smallest absolute Gasteiger partial charge is 0.0614 e. The lowest BCUT2D eigenvalue weighted by Crippen LogP contribution is -2.31. The maximum Gasteiger partial charge on any atom is 0.0614 e. The van der Waals surface area contributed by atoms with Crippen LogP contribution in [0.2, 0.25) is 10.0 Å². The molecule has 1 unspecified atom stereocenters. The van der Waals surface area contributed by atoms with Gasteiger partial charge < -0.3 is 11.1 Å². The maximum absolute atomic E-state index is 5.97. The molecule has 16 heavy (non-hydrogen) atoms. The van der Waals surface area contributed by atoms with E-state index in [4.69, 9.17) is 28.9 Å². The van der Waals surface area contributed by atoms with Gasteiger partial charge >= 0.3 is 0 Å². The summed E-state index contributed by atoms with van der Waals surface area (Å²) in [7, 11) is 0. The zero-order valence-corrected chi connectivity index (χ0v) is 10.8. The lowest BCUT2D eigenvalue weighted by atomic mass is 9.80. The predicted octanol–water partition coefficient (Wildman–Crippen LogP) is 4.18. The lowest BCUT2D eigenvalue weighted by Gasteiger charge is -2.32. The molecule has 0 radical (unpaired) electrons. The second kappa shape index (κ2) is 4.72. The number of benzene rings is 1. The summed E-state index contributed by atoms with van der Waals surface area (Å²) in [5, 5.41) is 4.45. The van der Waals surface area contributed by atoms with Crippen LogP contribution in [0.15, 0.2) is 12.1 Å². The van der Waals surface area contributed by atoms with Crippen LogP contribution in [0.4, 0.5) is 11.4 Å². The number of hydrogen-bond donors (Lipinski definition) is 2. The third-order valence-electron chi connectivity index (χ3n) is 3.33. The zero-order chi connectivity index (χ0) is 11.7. The van der Waals surface area contributed by atoms with Gasteiger partial charge in [-0.05, 0) is 37.8 Å². The molecule has 1 aliphatic rings. The molecule has 1 saturated carbocycles. The highest BCUT2D eigenvalue weighted by atomic mass is 35.5. The highest BCUT2D eigenvalue weighted by Crippen LogP contribution is 2.34. The molecule has 0 amide bonds. The van der Waals surface area contributed by atoms with Crippen molar-refractivity contribution in [3.8, 4) is 0 Å². The van der Waals surface area contributed by atoms with E-state index in [9.17, 15) is 0 Å². The summed E-state index contributed by atoms with van der Waals surface area (Å²) in [6, 6.07) is 3.93. The van der Waals surface area contributed by atoms with E-state index >= 15 is 0 Å². The molecule has 88 valence electrons. The minimum Gasteiger partial charge on any atom is -0.397 e. The number of rotatable bonds is 3. The third-order valence-corrected chi connectivity index (χ3v) is 4.05. The molecule has 1 aromatic carbocycles. The van der Waals surface area contributed by atoms with Crippen LogP contribution in [0.3, 0.4) is 0 Å². The predicted molar refractivity (Wildman–Crippen MR) is 71.3 cm³/mol. The first-order valence-electron chi connectivity index (χ1n) is 5.59. The second-order valence-electron chi connectivity index (χ2n) is 4.48. The molecule has 4 heteroatoms. The number of nitrogens with two attached hydrogens (primary N) is 1. The number of halogens is 2. The Balaban J connectivity index is 2.11. The molecule has 0 aromatic heterocycles. The van der Waals surface area contributed by atoms with Crippen LogP contribution in [0.5, 0.6) is 0 Å². The molecular weight excluding hydrogens is 243 g/mol. The van der Waals surface area contributed by atoms with E-state index in [-0.39, 0.29) is 0 Å². The van der Waals surface area contributed by atoms with Crippen molar-refractivity contribution in [2.45, 2.75) is 32.2 Å². The van der Waals surface area contributed by atoms with Gasteiger partial charge in [0.2, 0.25) is 0 Å². The van der Waals surface area contributed by atoms with Crippen molar-refractivity contribution >= 4 is 34.6 Å². The summed E-state index contributed by atoms with van der Waals surface area (Å²) in [5.41, 5.74) is 7.43. The van der Waals surface area contributed by atoms with E-state index in [2.05, 4.69) is 12.2 Å². The third kappa shape index (κ3) is 2.38. The highest BCUT2D eigenvalue weighted by Gasteiger charge is 2.24. The molecule has 0 bridgehead atoms. The Labute approximate surface area is 106 Å². The van der Waals surface area contributed by atoms with Crippen LogP contribution >= 0.6 is 23.2 Å². The Kier molecular flexibility index (Phi) is 3.50. The molecule has 1 fully saturated rings. The number of nitrogen functional groups attached to an aromatic ring is 1. The Morgan fingerprint density at radius 1 is 1.31 bits per heavy atom. The quantitative estimate of drug-likeness (QED) is 0.799. The monoisotopic (exact) mass is 258 g/mol. The average Bonchev–Trinajstić information content (AvgIpc) is 2.11. The fraction of sp³-hybridized carbons (Fsp3) is 0.500. The SMILES string of the molecule is CC(Nc1cc(Cl)c(Cl)cc1N)C1CCC1. The molecule has 1 aromatic rings. The van der Waals surface area contributed by atoms with E-state index in [0.29, 0.717) is 21.8 Å². The van der Waals surface area contributed by atoms with Crippen LogP contribution in [-0.4, -0.2) is 6.04 Å². The van der Waals surface area contributed by atoms with Gasteiger partial charge in [-0.25, -0.2) is 0 Å². The van der Waals surface area contributed by atoms with E-state index in [1.807, 2.05) is 0 Å². The zero-order valence-electron chi connectivity index (χ0n) is 9.26. The normalized spacial score (nSPS) is 17.9. The first kappa shape index (κ1) is 11.9. The van der Waals surface area contributed by atoms with Crippen LogP contribution < -0.4 is 11.1 Å². The lowest BCUT2D eigenvalue weighted by molar-refractivity contribution is 0.285. The minimum absolute atomic E-state index is 0.438. The van der Waals surface area contributed by atoms with Crippen molar-refractivity contribution < 1.29 is 0 Å². The van der Waals surface area contributed by atoms with Crippen LogP contribution in [0, 0.1) is 5.92 Å². The van der Waals surface area contributed by atoms with E-state index < -0.39 is 0 Å². The largest absolute Gasteiger partial charge is 0.397 e. The average molecular weight is 259 g/mol. The summed E-state index contributed by atoms with van der Waals surface area (Å²) >= 11 is 11.9. The van der Waals surface area contributed by atoms with Gasteiger partial charge in [-0.1, -0.05) is 29.6 Å². The Hall–Kier alpha value is -0.600. The molecule has 0 heterocycles. The topological polar surface area (TPSA) is 38.0 Å². The van der Waals surface area contributed by atoms with E-state index in [1.165, 1.54) is 19.3 Å². The minimum atomic E-state index is 0.438. The molecule has 3 N–H and O–H groups in total. The van der Waals surface area contributed by atoms with Crippen molar-refractivity contribution in [1.82, 2.24) is 0 Å². The molecule has 0 aliphatic heterocycles. The number of nitrogens with one attached hydrogen (secondary N) is 1. The Morgan fingerprint density at radius 3 is 2.50 bits per heavy atom. The summed E-state index contributed by atoms with van der Waals surface area (Å²) in [5.74, 6) is 0.758. The molecule has 0 spiro atoms. The number of hydrogen-bond acceptors (Lipinski definition) is 2.